The van der Waals surface area contributed by atoms with Crippen LogP contribution in [0.5, 0.6) is 0 Å². The van der Waals surface area contributed by atoms with Gasteiger partial charge in [0.15, 0.2) is 0 Å². The highest BCUT2D eigenvalue weighted by molar-refractivity contribution is 5.89. The molecule has 2 rings (SSSR count). The van der Waals surface area contributed by atoms with Gasteiger partial charge in [0.1, 0.15) is 0 Å². The molecule has 0 aromatic heterocycles. The SMILES string of the molecule is Cc1cc(NC2CC(O)C2)ccc1C(=O)O. The number of aromatic carboxylic acids is 1. The third kappa shape index (κ3) is 2.17. The highest BCUT2D eigenvalue weighted by Crippen LogP contribution is 2.25. The number of aliphatic hydroxyl groups excluding tert-OH is 1. The van der Waals surface area contributed by atoms with Gasteiger partial charge in [-0.3, -0.25) is 0 Å². The van der Waals surface area contributed by atoms with Crippen molar-refractivity contribution >= 4 is 11.7 Å². The lowest BCUT2D eigenvalue weighted by molar-refractivity contribution is 0.0696. The van der Waals surface area contributed by atoms with Gasteiger partial charge in [-0.05, 0) is 43.5 Å². The van der Waals surface area contributed by atoms with Crippen LogP contribution in [0.2, 0.25) is 0 Å². The van der Waals surface area contributed by atoms with E-state index in [0.29, 0.717) is 11.6 Å². The van der Waals surface area contributed by atoms with Gasteiger partial charge in [0.05, 0.1) is 11.7 Å². The Hall–Kier alpha value is -1.55. The fraction of sp³-hybridized carbons (Fsp3) is 0.417. The van der Waals surface area contributed by atoms with Crippen LogP contribution in [-0.2, 0) is 0 Å². The molecule has 0 saturated heterocycles. The summed E-state index contributed by atoms with van der Waals surface area (Å²) in [5.41, 5.74) is 2.00. The van der Waals surface area contributed by atoms with Crippen LogP contribution in [0.25, 0.3) is 0 Å². The molecule has 1 aliphatic carbocycles. The van der Waals surface area contributed by atoms with Crippen LogP contribution < -0.4 is 5.32 Å². The molecule has 1 aliphatic rings. The fourth-order valence-electron chi connectivity index (χ4n) is 1.93. The Morgan fingerprint density at radius 1 is 1.44 bits per heavy atom. The summed E-state index contributed by atoms with van der Waals surface area (Å²) in [7, 11) is 0. The van der Waals surface area contributed by atoms with Crippen molar-refractivity contribution < 1.29 is 15.0 Å². The number of carboxylic acids is 1. The van der Waals surface area contributed by atoms with Gasteiger partial charge in [-0.15, -0.1) is 0 Å². The number of hydrogen-bond acceptors (Lipinski definition) is 3. The zero-order chi connectivity index (χ0) is 11.7. The Labute approximate surface area is 93.9 Å². The highest BCUT2D eigenvalue weighted by Gasteiger charge is 2.26. The summed E-state index contributed by atoms with van der Waals surface area (Å²) in [5.74, 6) is -0.900. The topological polar surface area (TPSA) is 69.6 Å². The quantitative estimate of drug-likeness (QED) is 0.725. The Bertz CT molecular complexity index is 411. The summed E-state index contributed by atoms with van der Waals surface area (Å²) >= 11 is 0. The number of aliphatic hydroxyl groups is 1. The Kier molecular flexibility index (Phi) is 2.83. The molecule has 4 nitrogen and oxygen atoms in total. The maximum Gasteiger partial charge on any atom is 0.335 e. The molecule has 4 heteroatoms. The van der Waals surface area contributed by atoms with Crippen molar-refractivity contribution in [2.24, 2.45) is 0 Å². The predicted molar refractivity (Wildman–Crippen MR) is 60.8 cm³/mol. The molecule has 0 aliphatic heterocycles. The molecule has 3 N–H and O–H groups in total. The summed E-state index contributed by atoms with van der Waals surface area (Å²) in [5, 5.41) is 21.3. The van der Waals surface area contributed by atoms with Gasteiger partial charge < -0.3 is 15.5 Å². The first-order valence-electron chi connectivity index (χ1n) is 5.35. The maximum absolute atomic E-state index is 10.8. The molecule has 0 bridgehead atoms. The lowest BCUT2D eigenvalue weighted by Crippen LogP contribution is -2.38. The first-order chi connectivity index (χ1) is 7.56. The second-order valence-corrected chi connectivity index (χ2v) is 4.30. The molecule has 0 radical (unpaired) electrons. The molecule has 0 spiro atoms. The summed E-state index contributed by atoms with van der Waals surface area (Å²) < 4.78 is 0. The van der Waals surface area contributed by atoms with Gasteiger partial charge in [0.25, 0.3) is 0 Å². The van der Waals surface area contributed by atoms with Crippen LogP contribution in [-0.4, -0.2) is 28.3 Å². The second kappa shape index (κ2) is 4.14. The molecular formula is C12H15NO3. The van der Waals surface area contributed by atoms with Crippen LogP contribution in [0.1, 0.15) is 28.8 Å². The van der Waals surface area contributed by atoms with Gasteiger partial charge in [-0.1, -0.05) is 0 Å². The van der Waals surface area contributed by atoms with E-state index in [9.17, 15) is 4.79 Å². The zero-order valence-corrected chi connectivity index (χ0v) is 9.10. The number of benzene rings is 1. The van der Waals surface area contributed by atoms with E-state index in [1.165, 1.54) is 0 Å². The maximum atomic E-state index is 10.8. The van der Waals surface area contributed by atoms with Gasteiger partial charge in [-0.2, -0.15) is 0 Å². The normalized spacial score (nSPS) is 23.6. The Morgan fingerprint density at radius 2 is 2.12 bits per heavy atom. The molecule has 16 heavy (non-hydrogen) atoms. The molecule has 0 amide bonds. The van der Waals surface area contributed by atoms with Crippen molar-refractivity contribution in [3.63, 3.8) is 0 Å². The standard InChI is InChI=1S/C12H15NO3/c1-7-4-8(2-3-11(7)12(15)16)13-9-5-10(14)6-9/h2-4,9-10,13-14H,5-6H2,1H3,(H,15,16). The van der Waals surface area contributed by atoms with Crippen molar-refractivity contribution in [2.45, 2.75) is 31.9 Å². The third-order valence-corrected chi connectivity index (χ3v) is 2.94. The summed E-state index contributed by atoms with van der Waals surface area (Å²) in [6.07, 6.45) is 1.34. The molecular weight excluding hydrogens is 206 g/mol. The summed E-state index contributed by atoms with van der Waals surface area (Å²) in [6, 6.07) is 5.51. The van der Waals surface area contributed by atoms with Crippen molar-refractivity contribution in [3.05, 3.63) is 29.3 Å². The van der Waals surface area contributed by atoms with Crippen molar-refractivity contribution in [1.29, 1.82) is 0 Å². The van der Waals surface area contributed by atoms with Gasteiger partial charge >= 0.3 is 5.97 Å². The van der Waals surface area contributed by atoms with E-state index in [2.05, 4.69) is 5.32 Å². The molecule has 1 fully saturated rings. The third-order valence-electron chi connectivity index (χ3n) is 2.94. The first-order valence-corrected chi connectivity index (χ1v) is 5.35. The van der Waals surface area contributed by atoms with E-state index >= 15 is 0 Å². The number of rotatable bonds is 3. The summed E-state index contributed by atoms with van der Waals surface area (Å²) in [6.45, 7) is 1.78. The van der Waals surface area contributed by atoms with Crippen LogP contribution in [0.15, 0.2) is 18.2 Å². The largest absolute Gasteiger partial charge is 0.478 e. The average Bonchev–Trinajstić information content (AvgIpc) is 2.15. The van der Waals surface area contributed by atoms with E-state index in [1.807, 2.05) is 6.07 Å². The minimum atomic E-state index is -0.900. The number of hydrogen-bond donors (Lipinski definition) is 3. The van der Waals surface area contributed by atoms with Crippen LogP contribution in [0.4, 0.5) is 5.69 Å². The van der Waals surface area contributed by atoms with Gasteiger partial charge in [0.2, 0.25) is 0 Å². The summed E-state index contributed by atoms with van der Waals surface area (Å²) in [4.78, 5) is 10.8. The van der Waals surface area contributed by atoms with E-state index in [-0.39, 0.29) is 6.10 Å². The number of nitrogens with one attached hydrogen (secondary N) is 1. The number of anilines is 1. The molecule has 0 heterocycles. The first kappa shape index (κ1) is 11.0. The van der Waals surface area contributed by atoms with E-state index in [0.717, 1.165) is 24.1 Å². The van der Waals surface area contributed by atoms with Crippen LogP contribution in [0, 0.1) is 6.92 Å². The smallest absolute Gasteiger partial charge is 0.335 e. The highest BCUT2D eigenvalue weighted by atomic mass is 16.4. The fourth-order valence-corrected chi connectivity index (χ4v) is 1.93. The Morgan fingerprint density at radius 3 is 2.62 bits per heavy atom. The minimum Gasteiger partial charge on any atom is -0.478 e. The van der Waals surface area contributed by atoms with Crippen molar-refractivity contribution in [2.75, 3.05) is 5.32 Å². The monoisotopic (exact) mass is 221 g/mol. The lowest BCUT2D eigenvalue weighted by atomic mass is 9.89. The van der Waals surface area contributed by atoms with Crippen molar-refractivity contribution in [1.82, 2.24) is 0 Å². The predicted octanol–water partition coefficient (Wildman–Crippen LogP) is 1.63. The zero-order valence-electron chi connectivity index (χ0n) is 9.10. The van der Waals surface area contributed by atoms with E-state index in [4.69, 9.17) is 10.2 Å². The van der Waals surface area contributed by atoms with Gasteiger partial charge in [-0.25, -0.2) is 4.79 Å². The second-order valence-electron chi connectivity index (χ2n) is 4.30. The Balaban J connectivity index is 2.06. The molecule has 0 unspecified atom stereocenters. The molecule has 1 saturated carbocycles. The molecule has 86 valence electrons. The molecule has 1 aromatic rings. The number of carbonyl (C=O) groups is 1. The van der Waals surface area contributed by atoms with Crippen LogP contribution in [0.3, 0.4) is 0 Å². The molecule has 0 atom stereocenters. The van der Waals surface area contributed by atoms with Crippen molar-refractivity contribution in [3.8, 4) is 0 Å². The number of carboxylic acid groups (broad SMARTS) is 1. The van der Waals surface area contributed by atoms with E-state index < -0.39 is 5.97 Å². The van der Waals surface area contributed by atoms with Gasteiger partial charge in [0, 0.05) is 11.7 Å². The lowest BCUT2D eigenvalue weighted by Gasteiger charge is -2.32. The minimum absolute atomic E-state index is 0.183. The van der Waals surface area contributed by atoms with E-state index in [1.54, 1.807) is 19.1 Å². The molecule has 1 aromatic carbocycles. The number of aryl methyl sites for hydroxylation is 1. The average molecular weight is 221 g/mol. The van der Waals surface area contributed by atoms with Crippen LogP contribution >= 0.6 is 0 Å².